The Morgan fingerprint density at radius 3 is 2.41 bits per heavy atom. The minimum atomic E-state index is -3.57. The average molecular weight is 315 g/mol. The molecule has 5 nitrogen and oxygen atoms in total. The van der Waals surface area contributed by atoms with Gasteiger partial charge in [-0.15, -0.1) is 0 Å². The van der Waals surface area contributed by atoms with E-state index < -0.39 is 10.0 Å². The highest BCUT2D eigenvalue weighted by Gasteiger charge is 2.26. The standard InChI is InChI=1S/C16H17N3O2S/c1-11-3-6-13(7-4-11)10-17-16-18-14-8-5-12(2)9-15(14)22(20,21)19-16/h3-9H,10H2,1-2H3,(H2,17,18,19). The molecule has 1 aliphatic rings. The maximum Gasteiger partial charge on any atom is 0.266 e. The van der Waals surface area contributed by atoms with Crippen molar-refractivity contribution >= 4 is 21.7 Å². The summed E-state index contributed by atoms with van der Waals surface area (Å²) in [5.74, 6) is 0.247. The highest BCUT2D eigenvalue weighted by atomic mass is 32.2. The van der Waals surface area contributed by atoms with Gasteiger partial charge in [-0.25, -0.2) is 18.1 Å². The highest BCUT2D eigenvalue weighted by Crippen LogP contribution is 2.25. The maximum atomic E-state index is 12.3. The first-order valence-corrected chi connectivity index (χ1v) is 8.43. The third-order valence-electron chi connectivity index (χ3n) is 3.45. The predicted octanol–water partition coefficient (Wildman–Crippen LogP) is 2.56. The molecular weight excluding hydrogens is 298 g/mol. The lowest BCUT2D eigenvalue weighted by Crippen LogP contribution is -2.40. The van der Waals surface area contributed by atoms with E-state index in [1.54, 1.807) is 12.1 Å². The summed E-state index contributed by atoms with van der Waals surface area (Å²) in [5.41, 5.74) is 3.64. The fourth-order valence-electron chi connectivity index (χ4n) is 2.23. The second-order valence-electron chi connectivity index (χ2n) is 5.38. The molecule has 0 aromatic heterocycles. The number of aryl methyl sites for hydroxylation is 2. The molecule has 0 amide bonds. The fraction of sp³-hybridized carbons (Fsp3) is 0.188. The number of aliphatic imine (C=N–C) groups is 1. The Bertz CT molecular complexity index is 840. The first-order chi connectivity index (χ1) is 10.4. The normalized spacial score (nSPS) is 17.5. The molecule has 1 heterocycles. The van der Waals surface area contributed by atoms with Crippen LogP contribution in [0.4, 0.5) is 5.69 Å². The lowest BCUT2D eigenvalue weighted by atomic mass is 10.1. The van der Waals surface area contributed by atoms with Crippen molar-refractivity contribution in [2.75, 3.05) is 5.32 Å². The van der Waals surface area contributed by atoms with Crippen molar-refractivity contribution in [1.82, 2.24) is 4.72 Å². The number of nitrogens with one attached hydrogen (secondary N) is 2. The fourth-order valence-corrected chi connectivity index (χ4v) is 3.46. The second-order valence-corrected chi connectivity index (χ2v) is 7.03. The zero-order valence-corrected chi connectivity index (χ0v) is 13.2. The SMILES string of the molecule is Cc1ccc(CN=C2Nc3ccc(C)cc3S(=O)(=O)N2)cc1. The van der Waals surface area contributed by atoms with E-state index in [0.717, 1.165) is 11.1 Å². The van der Waals surface area contributed by atoms with Crippen LogP contribution in [0.15, 0.2) is 52.4 Å². The molecule has 3 rings (SSSR count). The van der Waals surface area contributed by atoms with E-state index in [4.69, 9.17) is 0 Å². The van der Waals surface area contributed by atoms with Gasteiger partial charge in [-0.05, 0) is 37.1 Å². The Kier molecular flexibility index (Phi) is 3.62. The lowest BCUT2D eigenvalue weighted by Gasteiger charge is -2.21. The molecule has 0 unspecified atom stereocenters. The third kappa shape index (κ3) is 2.96. The molecule has 114 valence electrons. The number of benzene rings is 2. The van der Waals surface area contributed by atoms with Crippen LogP contribution in [0.2, 0.25) is 0 Å². The topological polar surface area (TPSA) is 70.6 Å². The van der Waals surface area contributed by atoms with Crippen molar-refractivity contribution in [2.24, 2.45) is 4.99 Å². The van der Waals surface area contributed by atoms with E-state index in [-0.39, 0.29) is 10.9 Å². The number of hydrogen-bond acceptors (Lipinski definition) is 3. The quantitative estimate of drug-likeness (QED) is 0.895. The molecule has 0 atom stereocenters. The van der Waals surface area contributed by atoms with Crippen LogP contribution in [0.5, 0.6) is 0 Å². The first-order valence-electron chi connectivity index (χ1n) is 6.94. The minimum Gasteiger partial charge on any atom is -0.324 e. The van der Waals surface area contributed by atoms with Gasteiger partial charge >= 0.3 is 0 Å². The van der Waals surface area contributed by atoms with Crippen molar-refractivity contribution in [3.8, 4) is 0 Å². The van der Waals surface area contributed by atoms with Gasteiger partial charge in [0.1, 0.15) is 4.90 Å². The van der Waals surface area contributed by atoms with Crippen LogP contribution in [0.3, 0.4) is 0 Å². The van der Waals surface area contributed by atoms with Crippen molar-refractivity contribution in [3.63, 3.8) is 0 Å². The van der Waals surface area contributed by atoms with Crippen LogP contribution in [0.1, 0.15) is 16.7 Å². The molecule has 0 saturated carbocycles. The first kappa shape index (κ1) is 14.6. The van der Waals surface area contributed by atoms with Gasteiger partial charge in [0.25, 0.3) is 10.0 Å². The number of guanidine groups is 1. The molecule has 0 radical (unpaired) electrons. The van der Waals surface area contributed by atoms with Gasteiger partial charge in [-0.2, -0.15) is 0 Å². The van der Waals surface area contributed by atoms with Gasteiger partial charge in [-0.3, -0.25) is 0 Å². The van der Waals surface area contributed by atoms with Crippen LogP contribution >= 0.6 is 0 Å². The Balaban J connectivity index is 1.87. The molecule has 0 saturated heterocycles. The molecule has 2 aromatic carbocycles. The van der Waals surface area contributed by atoms with Gasteiger partial charge in [0.2, 0.25) is 5.96 Å². The average Bonchev–Trinajstić information content (AvgIpc) is 2.47. The van der Waals surface area contributed by atoms with Gasteiger partial charge in [0.05, 0.1) is 12.2 Å². The van der Waals surface area contributed by atoms with Crippen molar-refractivity contribution in [2.45, 2.75) is 25.3 Å². The smallest absolute Gasteiger partial charge is 0.266 e. The van der Waals surface area contributed by atoms with E-state index in [9.17, 15) is 8.42 Å². The van der Waals surface area contributed by atoms with E-state index in [0.29, 0.717) is 12.2 Å². The Labute approximate surface area is 130 Å². The van der Waals surface area contributed by atoms with E-state index in [2.05, 4.69) is 15.0 Å². The summed E-state index contributed by atoms with van der Waals surface area (Å²) in [4.78, 5) is 4.57. The highest BCUT2D eigenvalue weighted by molar-refractivity contribution is 7.90. The van der Waals surface area contributed by atoms with Crippen molar-refractivity contribution in [3.05, 3.63) is 59.2 Å². The third-order valence-corrected chi connectivity index (χ3v) is 4.83. The largest absolute Gasteiger partial charge is 0.324 e. The van der Waals surface area contributed by atoms with E-state index >= 15 is 0 Å². The minimum absolute atomic E-state index is 0.247. The Morgan fingerprint density at radius 1 is 1.00 bits per heavy atom. The van der Waals surface area contributed by atoms with E-state index in [1.807, 2.05) is 44.2 Å². The molecular formula is C16H17N3O2S. The number of fused-ring (bicyclic) bond motifs is 1. The van der Waals surface area contributed by atoms with Gasteiger partial charge < -0.3 is 5.32 Å². The monoisotopic (exact) mass is 315 g/mol. The molecule has 22 heavy (non-hydrogen) atoms. The number of sulfonamides is 1. The molecule has 1 aliphatic heterocycles. The number of anilines is 1. The zero-order valence-electron chi connectivity index (χ0n) is 12.4. The second kappa shape index (κ2) is 5.46. The number of rotatable bonds is 2. The molecule has 2 aromatic rings. The van der Waals surface area contributed by atoms with Crippen molar-refractivity contribution < 1.29 is 8.42 Å². The molecule has 6 heteroatoms. The van der Waals surface area contributed by atoms with Crippen LogP contribution in [0.25, 0.3) is 0 Å². The van der Waals surface area contributed by atoms with Crippen molar-refractivity contribution in [1.29, 1.82) is 0 Å². The van der Waals surface area contributed by atoms with Gasteiger partial charge in [-0.1, -0.05) is 35.9 Å². The zero-order chi connectivity index (χ0) is 15.7. The van der Waals surface area contributed by atoms with Gasteiger partial charge in [0.15, 0.2) is 0 Å². The molecule has 2 N–H and O–H groups in total. The summed E-state index contributed by atoms with van der Waals surface area (Å²) < 4.78 is 27.0. The summed E-state index contributed by atoms with van der Waals surface area (Å²) >= 11 is 0. The van der Waals surface area contributed by atoms with E-state index in [1.165, 1.54) is 5.56 Å². The Morgan fingerprint density at radius 2 is 1.68 bits per heavy atom. The van der Waals surface area contributed by atoms with Crippen LogP contribution in [-0.4, -0.2) is 14.4 Å². The van der Waals surface area contributed by atoms with Crippen LogP contribution in [0, 0.1) is 13.8 Å². The summed E-state index contributed by atoms with van der Waals surface area (Å²) in [5, 5.41) is 3.02. The van der Waals surface area contributed by atoms with Crippen LogP contribution in [-0.2, 0) is 16.6 Å². The molecule has 0 spiro atoms. The summed E-state index contributed by atoms with van der Waals surface area (Å²) in [6, 6.07) is 13.2. The maximum absolute atomic E-state index is 12.3. The number of hydrogen-bond donors (Lipinski definition) is 2. The Hall–Kier alpha value is -2.34. The van der Waals surface area contributed by atoms with Crippen LogP contribution < -0.4 is 10.0 Å². The summed E-state index contributed by atoms with van der Waals surface area (Å²) in [6.07, 6.45) is 0. The number of nitrogens with zero attached hydrogens (tertiary/aromatic N) is 1. The van der Waals surface area contributed by atoms with Gasteiger partial charge in [0, 0.05) is 0 Å². The molecule has 0 fully saturated rings. The molecule has 0 aliphatic carbocycles. The lowest BCUT2D eigenvalue weighted by molar-refractivity contribution is 0.591. The summed E-state index contributed by atoms with van der Waals surface area (Å²) in [7, 11) is -3.57. The molecule has 0 bridgehead atoms. The predicted molar refractivity (Wildman–Crippen MR) is 87.4 cm³/mol. The summed E-state index contributed by atoms with van der Waals surface area (Å²) in [6.45, 7) is 4.29.